The number of benzene rings is 3. The summed E-state index contributed by atoms with van der Waals surface area (Å²) in [5.41, 5.74) is 4.67. The van der Waals surface area contributed by atoms with Crippen LogP contribution in [0, 0.1) is 13.8 Å². The number of unbranched alkanes of at least 4 members (excludes halogenated alkanes) is 2. The van der Waals surface area contributed by atoms with Crippen molar-refractivity contribution in [1.29, 1.82) is 0 Å². The molecule has 0 bridgehead atoms. The molecule has 0 aliphatic rings. The summed E-state index contributed by atoms with van der Waals surface area (Å²) in [6, 6.07) is 21.4. The average molecular weight is 440 g/mol. The highest BCUT2D eigenvalue weighted by molar-refractivity contribution is 5.70. The second-order valence-electron chi connectivity index (χ2n) is 8.27. The minimum atomic E-state index is 0.0823. The molecule has 4 aromatic rings. The monoisotopic (exact) mass is 439 g/mol. The van der Waals surface area contributed by atoms with Crippen LogP contribution in [-0.2, 0) is 0 Å². The summed E-state index contributed by atoms with van der Waals surface area (Å²) in [4.78, 5) is 14.1. The third-order valence-corrected chi connectivity index (χ3v) is 5.48. The Kier molecular flexibility index (Phi) is 6.98. The van der Waals surface area contributed by atoms with Gasteiger partial charge in [-0.15, -0.1) is 0 Å². The van der Waals surface area contributed by atoms with Crippen LogP contribution in [0.1, 0.15) is 37.3 Å². The van der Waals surface area contributed by atoms with Crippen molar-refractivity contribution in [1.82, 2.24) is 15.0 Å². The van der Waals surface area contributed by atoms with Gasteiger partial charge in [-0.05, 0) is 32.4 Å². The van der Waals surface area contributed by atoms with E-state index in [0.717, 1.165) is 30.4 Å². The maximum atomic E-state index is 10.8. The number of rotatable bonds is 8. The first-order valence-electron chi connectivity index (χ1n) is 11.4. The minimum absolute atomic E-state index is 0.0823. The van der Waals surface area contributed by atoms with Crippen molar-refractivity contribution in [2.45, 2.75) is 40.0 Å². The number of hydrogen-bond acceptors (Lipinski definition) is 5. The first-order chi connectivity index (χ1) is 16.0. The Balaban J connectivity index is 1.74. The lowest BCUT2D eigenvalue weighted by Crippen LogP contribution is -2.01. The molecule has 0 fully saturated rings. The Hall–Kier alpha value is -3.73. The number of nitrogens with zero attached hydrogens (tertiary/aromatic N) is 3. The summed E-state index contributed by atoms with van der Waals surface area (Å²) in [6.07, 6.45) is 3.25. The van der Waals surface area contributed by atoms with Crippen molar-refractivity contribution in [2.75, 3.05) is 6.61 Å². The van der Waals surface area contributed by atoms with E-state index in [0.29, 0.717) is 35.4 Å². The largest absolute Gasteiger partial charge is 0.507 e. The van der Waals surface area contributed by atoms with Gasteiger partial charge in [-0.3, -0.25) is 0 Å². The molecule has 0 amide bonds. The van der Waals surface area contributed by atoms with Crippen molar-refractivity contribution in [2.24, 2.45) is 0 Å². The lowest BCUT2D eigenvalue weighted by atomic mass is 10.1. The van der Waals surface area contributed by atoms with E-state index in [1.807, 2.05) is 68.4 Å². The summed E-state index contributed by atoms with van der Waals surface area (Å²) >= 11 is 0. The van der Waals surface area contributed by atoms with Crippen LogP contribution in [0.25, 0.3) is 34.2 Å². The van der Waals surface area contributed by atoms with Gasteiger partial charge in [0.15, 0.2) is 17.5 Å². The van der Waals surface area contributed by atoms with Gasteiger partial charge in [0.05, 0.1) is 12.2 Å². The molecule has 0 spiro atoms. The summed E-state index contributed by atoms with van der Waals surface area (Å²) in [5.74, 6) is 2.27. The lowest BCUT2D eigenvalue weighted by Gasteiger charge is -2.11. The first kappa shape index (κ1) is 22.5. The molecule has 1 heterocycles. The molecular weight excluding hydrogens is 410 g/mol. The van der Waals surface area contributed by atoms with Crippen molar-refractivity contribution in [3.05, 3.63) is 77.9 Å². The summed E-state index contributed by atoms with van der Waals surface area (Å²) < 4.78 is 5.78. The van der Waals surface area contributed by atoms with Gasteiger partial charge in [0, 0.05) is 17.2 Å². The molecule has 0 atom stereocenters. The highest BCUT2D eigenvalue weighted by atomic mass is 16.5. The van der Waals surface area contributed by atoms with Crippen LogP contribution in [0.2, 0.25) is 0 Å². The van der Waals surface area contributed by atoms with Crippen LogP contribution in [0.3, 0.4) is 0 Å². The van der Waals surface area contributed by atoms with E-state index >= 15 is 0 Å². The van der Waals surface area contributed by atoms with Crippen molar-refractivity contribution < 1.29 is 9.84 Å². The quantitative estimate of drug-likeness (QED) is 0.307. The number of phenolic OH excluding ortho intramolecular Hbond substituents is 1. The Bertz CT molecular complexity index is 1160. The van der Waals surface area contributed by atoms with E-state index in [-0.39, 0.29) is 5.75 Å². The smallest absolute Gasteiger partial charge is 0.167 e. The number of hydrogen-bond donors (Lipinski definition) is 1. The van der Waals surface area contributed by atoms with E-state index in [9.17, 15) is 5.11 Å². The first-order valence-corrected chi connectivity index (χ1v) is 11.4. The zero-order valence-electron chi connectivity index (χ0n) is 19.4. The maximum Gasteiger partial charge on any atom is 0.167 e. The topological polar surface area (TPSA) is 68.1 Å². The third kappa shape index (κ3) is 5.55. The highest BCUT2D eigenvalue weighted by Crippen LogP contribution is 2.33. The summed E-state index contributed by atoms with van der Waals surface area (Å²) in [5, 5.41) is 10.8. The van der Waals surface area contributed by atoms with Crippen molar-refractivity contribution >= 4 is 0 Å². The van der Waals surface area contributed by atoms with Crippen LogP contribution in [-0.4, -0.2) is 26.7 Å². The Labute approximate surface area is 195 Å². The molecule has 0 saturated heterocycles. The number of phenols is 1. The molecule has 0 aliphatic carbocycles. The minimum Gasteiger partial charge on any atom is -0.507 e. The SMILES string of the molecule is CCCCCOc1ccc(-c2nc(-c3ccc(C)cc3)nc(-c3ccc(C)cc3)n2)c(O)c1. The van der Waals surface area contributed by atoms with Crippen molar-refractivity contribution in [3.8, 4) is 45.7 Å². The molecule has 5 heteroatoms. The number of ether oxygens (including phenoxy) is 1. The summed E-state index contributed by atoms with van der Waals surface area (Å²) in [6.45, 7) is 6.88. The van der Waals surface area contributed by atoms with Crippen LogP contribution >= 0.6 is 0 Å². The van der Waals surface area contributed by atoms with E-state index in [2.05, 4.69) is 6.92 Å². The predicted octanol–water partition coefficient (Wildman–Crippen LogP) is 6.76. The standard InChI is InChI=1S/C28H29N3O2/c1-4-5-6-17-33-23-15-16-24(25(32)18-23)28-30-26(21-11-7-19(2)8-12-21)29-27(31-28)22-13-9-20(3)10-14-22/h7-16,18,32H,4-6,17H2,1-3H3. The molecule has 0 saturated carbocycles. The molecule has 0 unspecified atom stereocenters. The van der Waals surface area contributed by atoms with Gasteiger partial charge in [-0.1, -0.05) is 79.4 Å². The van der Waals surface area contributed by atoms with Gasteiger partial charge >= 0.3 is 0 Å². The number of aromatic hydroxyl groups is 1. The Morgan fingerprint density at radius 3 is 1.76 bits per heavy atom. The average Bonchev–Trinajstić information content (AvgIpc) is 2.82. The normalized spacial score (nSPS) is 10.9. The molecule has 3 aromatic carbocycles. The predicted molar refractivity (Wildman–Crippen MR) is 132 cm³/mol. The molecule has 5 nitrogen and oxygen atoms in total. The molecule has 0 radical (unpaired) electrons. The second kappa shape index (κ2) is 10.3. The maximum absolute atomic E-state index is 10.8. The fourth-order valence-corrected chi connectivity index (χ4v) is 3.49. The van der Waals surface area contributed by atoms with Crippen LogP contribution in [0.5, 0.6) is 11.5 Å². The molecular formula is C28H29N3O2. The molecule has 1 aromatic heterocycles. The highest BCUT2D eigenvalue weighted by Gasteiger charge is 2.15. The molecule has 1 N–H and O–H groups in total. The van der Waals surface area contributed by atoms with E-state index in [1.54, 1.807) is 12.1 Å². The van der Waals surface area contributed by atoms with E-state index in [1.165, 1.54) is 11.1 Å². The van der Waals surface area contributed by atoms with Gasteiger partial charge in [-0.2, -0.15) is 0 Å². The van der Waals surface area contributed by atoms with Crippen molar-refractivity contribution in [3.63, 3.8) is 0 Å². The molecule has 168 valence electrons. The second-order valence-corrected chi connectivity index (χ2v) is 8.27. The number of aromatic nitrogens is 3. The van der Waals surface area contributed by atoms with Crippen LogP contribution in [0.4, 0.5) is 0 Å². The zero-order valence-corrected chi connectivity index (χ0v) is 19.4. The van der Waals surface area contributed by atoms with Gasteiger partial charge in [0.2, 0.25) is 0 Å². The van der Waals surface area contributed by atoms with E-state index in [4.69, 9.17) is 19.7 Å². The van der Waals surface area contributed by atoms with E-state index < -0.39 is 0 Å². The van der Waals surface area contributed by atoms with Gasteiger partial charge in [0.1, 0.15) is 11.5 Å². The third-order valence-electron chi connectivity index (χ3n) is 5.48. The fraction of sp³-hybridized carbons (Fsp3) is 0.250. The fourth-order valence-electron chi connectivity index (χ4n) is 3.49. The lowest BCUT2D eigenvalue weighted by molar-refractivity contribution is 0.304. The molecule has 33 heavy (non-hydrogen) atoms. The molecule has 4 rings (SSSR count). The van der Waals surface area contributed by atoms with Gasteiger partial charge < -0.3 is 9.84 Å². The van der Waals surface area contributed by atoms with Crippen LogP contribution in [0.15, 0.2) is 66.7 Å². The summed E-state index contributed by atoms with van der Waals surface area (Å²) in [7, 11) is 0. The van der Waals surface area contributed by atoms with Gasteiger partial charge in [0.25, 0.3) is 0 Å². The number of aryl methyl sites for hydroxylation is 2. The molecule has 0 aliphatic heterocycles. The van der Waals surface area contributed by atoms with Gasteiger partial charge in [-0.25, -0.2) is 15.0 Å². The zero-order chi connectivity index (χ0) is 23.2. The Morgan fingerprint density at radius 2 is 1.24 bits per heavy atom. The van der Waals surface area contributed by atoms with Crippen LogP contribution < -0.4 is 4.74 Å². The Morgan fingerprint density at radius 1 is 0.697 bits per heavy atom.